The molecule has 11 heteroatoms. The van der Waals surface area contributed by atoms with Gasteiger partial charge in [0.1, 0.15) is 6.23 Å². The molecule has 2 atom stereocenters. The fourth-order valence-electron chi connectivity index (χ4n) is 2.41. The van der Waals surface area contributed by atoms with E-state index >= 15 is 0 Å². The molecule has 2 aromatic heterocycles. The SMILES string of the molecule is CCCC.COC(C)n1cnc2c1c(=O)n(CCCCO[PH](=O)O)c(=O)n2C. The number of methoxy groups -OCH3 is 1. The molecule has 0 radical (unpaired) electrons. The molecule has 0 saturated heterocycles. The molecule has 0 spiro atoms. The Morgan fingerprint density at radius 2 is 1.89 bits per heavy atom. The lowest BCUT2D eigenvalue weighted by molar-refractivity contribution is 0.0635. The van der Waals surface area contributed by atoms with Crippen molar-refractivity contribution in [2.24, 2.45) is 7.05 Å². The first kappa shape index (κ1) is 24.3. The van der Waals surface area contributed by atoms with Gasteiger partial charge in [0.05, 0.1) is 12.9 Å². The number of unbranched alkanes of at least 4 members (excludes halogenated alkanes) is 2. The Kier molecular flexibility index (Phi) is 10.4. The van der Waals surface area contributed by atoms with Gasteiger partial charge in [0, 0.05) is 20.7 Å². The van der Waals surface area contributed by atoms with Crippen molar-refractivity contribution >= 4 is 19.4 Å². The van der Waals surface area contributed by atoms with E-state index in [4.69, 9.17) is 9.63 Å². The van der Waals surface area contributed by atoms with Crippen LogP contribution in [0.4, 0.5) is 0 Å². The van der Waals surface area contributed by atoms with Gasteiger partial charge >= 0.3 is 13.9 Å². The van der Waals surface area contributed by atoms with E-state index in [1.54, 1.807) is 18.5 Å². The summed E-state index contributed by atoms with van der Waals surface area (Å²) in [6.45, 7) is 6.42. The first-order valence-corrected chi connectivity index (χ1v) is 10.6. The van der Waals surface area contributed by atoms with Crippen LogP contribution in [0.1, 0.15) is 52.7 Å². The minimum absolute atomic E-state index is 0.101. The molecule has 0 fully saturated rings. The normalized spacial score (nSPS) is 13.2. The third-order valence-electron chi connectivity index (χ3n) is 4.29. The molecule has 0 aliphatic heterocycles. The fourth-order valence-corrected chi connectivity index (χ4v) is 2.73. The van der Waals surface area contributed by atoms with Crippen LogP contribution in [-0.2, 0) is 27.4 Å². The van der Waals surface area contributed by atoms with Crippen molar-refractivity contribution in [2.75, 3.05) is 13.7 Å². The van der Waals surface area contributed by atoms with Crippen LogP contribution in [0.15, 0.2) is 15.9 Å². The van der Waals surface area contributed by atoms with Crippen molar-refractivity contribution in [3.8, 4) is 0 Å². The molecular formula is C17H31N4O6P. The molecule has 2 aromatic rings. The molecule has 1 N–H and O–H groups in total. The molecule has 2 heterocycles. The number of rotatable bonds is 9. The average Bonchev–Trinajstić information content (AvgIpc) is 3.13. The largest absolute Gasteiger partial charge is 0.362 e. The molecule has 0 aromatic carbocycles. The third kappa shape index (κ3) is 6.13. The van der Waals surface area contributed by atoms with Gasteiger partial charge in [-0.2, -0.15) is 0 Å². The van der Waals surface area contributed by atoms with Gasteiger partial charge in [0.2, 0.25) is 0 Å². The van der Waals surface area contributed by atoms with Crippen LogP contribution >= 0.6 is 8.25 Å². The van der Waals surface area contributed by atoms with Crippen LogP contribution in [-0.4, -0.2) is 37.3 Å². The first-order valence-electron chi connectivity index (χ1n) is 9.34. The zero-order chi connectivity index (χ0) is 21.3. The molecule has 0 bridgehead atoms. The highest BCUT2D eigenvalue weighted by Gasteiger charge is 2.18. The molecule has 0 amide bonds. The van der Waals surface area contributed by atoms with Crippen LogP contribution in [0, 0.1) is 0 Å². The number of nitrogens with zero attached hydrogens (tertiary/aromatic N) is 4. The van der Waals surface area contributed by atoms with Gasteiger partial charge in [0.25, 0.3) is 5.56 Å². The van der Waals surface area contributed by atoms with Crippen molar-refractivity contribution in [1.82, 2.24) is 18.7 Å². The Balaban J connectivity index is 0.000000892. The summed E-state index contributed by atoms with van der Waals surface area (Å²) in [5.74, 6) is 0. The Morgan fingerprint density at radius 1 is 1.25 bits per heavy atom. The van der Waals surface area contributed by atoms with Gasteiger partial charge in [-0.15, -0.1) is 0 Å². The standard InChI is InChI=1S/C13H21N4O6P.C4H10/c1-9(22-3)17-8-14-11-10(17)12(18)16(13(19)15(11)2)6-4-5-7-23-24(20)21;1-3-4-2/h8-9,24H,4-7H2,1-3H3,(H,20,21);3-4H2,1-2H3. The van der Waals surface area contributed by atoms with E-state index in [1.807, 2.05) is 0 Å². The number of hydrogen-bond donors (Lipinski definition) is 1. The quantitative estimate of drug-likeness (QED) is 0.489. The predicted octanol–water partition coefficient (Wildman–Crippen LogP) is 2.05. The predicted molar refractivity (Wildman–Crippen MR) is 108 cm³/mol. The van der Waals surface area contributed by atoms with Gasteiger partial charge in [-0.1, -0.05) is 26.7 Å². The zero-order valence-electron chi connectivity index (χ0n) is 17.2. The number of ether oxygens (including phenoxy) is 1. The van der Waals surface area contributed by atoms with Crippen molar-refractivity contribution in [1.29, 1.82) is 0 Å². The highest BCUT2D eigenvalue weighted by molar-refractivity contribution is 7.32. The maximum atomic E-state index is 12.7. The molecule has 160 valence electrons. The first-order chi connectivity index (χ1) is 13.3. The summed E-state index contributed by atoms with van der Waals surface area (Å²) in [6.07, 6.45) is 4.63. The Labute approximate surface area is 164 Å². The summed E-state index contributed by atoms with van der Waals surface area (Å²) in [7, 11) is 0.119. The van der Waals surface area contributed by atoms with Crippen LogP contribution in [0.3, 0.4) is 0 Å². The Bertz CT molecular complexity index is 886. The van der Waals surface area contributed by atoms with E-state index in [9.17, 15) is 14.2 Å². The lowest BCUT2D eigenvalue weighted by atomic mass is 10.3. The molecule has 2 rings (SSSR count). The summed E-state index contributed by atoms with van der Waals surface area (Å²) in [5.41, 5.74) is -0.305. The highest BCUT2D eigenvalue weighted by Crippen LogP contribution is 2.15. The van der Waals surface area contributed by atoms with E-state index < -0.39 is 25.7 Å². The molecule has 10 nitrogen and oxygen atoms in total. The lowest BCUT2D eigenvalue weighted by Crippen LogP contribution is -2.40. The van der Waals surface area contributed by atoms with E-state index in [2.05, 4.69) is 23.4 Å². The number of aromatic nitrogens is 4. The number of aryl methyl sites for hydroxylation is 1. The van der Waals surface area contributed by atoms with Crippen LogP contribution in [0.2, 0.25) is 0 Å². The van der Waals surface area contributed by atoms with Crippen LogP contribution in [0.25, 0.3) is 11.2 Å². The van der Waals surface area contributed by atoms with Gasteiger partial charge in [-0.25, -0.2) is 9.78 Å². The second-order valence-corrected chi connectivity index (χ2v) is 7.10. The summed E-state index contributed by atoms with van der Waals surface area (Å²) in [5, 5.41) is 0. The van der Waals surface area contributed by atoms with Gasteiger partial charge in [-0.3, -0.25) is 23.1 Å². The summed E-state index contributed by atoms with van der Waals surface area (Å²) in [6, 6.07) is 0. The van der Waals surface area contributed by atoms with Crippen molar-refractivity contribution < 1.29 is 18.7 Å². The number of imidazole rings is 1. The fraction of sp³-hybridized carbons (Fsp3) is 0.706. The maximum Gasteiger partial charge on any atom is 0.332 e. The molecule has 0 aliphatic carbocycles. The van der Waals surface area contributed by atoms with Crippen molar-refractivity contribution in [2.45, 2.75) is 59.2 Å². The lowest BCUT2D eigenvalue weighted by Gasteiger charge is -2.13. The summed E-state index contributed by atoms with van der Waals surface area (Å²) in [4.78, 5) is 37.8. The molecule has 2 unspecified atom stereocenters. The van der Waals surface area contributed by atoms with E-state index in [0.717, 1.165) is 4.57 Å². The second kappa shape index (κ2) is 12.0. The molecule has 0 saturated carbocycles. The highest BCUT2D eigenvalue weighted by atomic mass is 31.1. The monoisotopic (exact) mass is 418 g/mol. The minimum atomic E-state index is -2.95. The van der Waals surface area contributed by atoms with E-state index in [-0.39, 0.29) is 13.2 Å². The van der Waals surface area contributed by atoms with Gasteiger partial charge in [0.15, 0.2) is 11.2 Å². The smallest absolute Gasteiger partial charge is 0.332 e. The van der Waals surface area contributed by atoms with Crippen molar-refractivity contribution in [3.63, 3.8) is 0 Å². The number of fused-ring (bicyclic) bond motifs is 1. The molecule has 28 heavy (non-hydrogen) atoms. The van der Waals surface area contributed by atoms with E-state index in [1.165, 1.54) is 30.8 Å². The Hall–Kier alpha value is -1.74. The number of hydrogen-bond acceptors (Lipinski definition) is 6. The van der Waals surface area contributed by atoms with Gasteiger partial charge in [-0.05, 0) is 19.8 Å². The van der Waals surface area contributed by atoms with Crippen molar-refractivity contribution in [3.05, 3.63) is 27.2 Å². The second-order valence-electron chi connectivity index (χ2n) is 6.28. The van der Waals surface area contributed by atoms with Crippen LogP contribution in [0.5, 0.6) is 0 Å². The van der Waals surface area contributed by atoms with Gasteiger partial charge < -0.3 is 14.2 Å². The maximum absolute atomic E-state index is 12.7. The Morgan fingerprint density at radius 3 is 2.43 bits per heavy atom. The zero-order valence-corrected chi connectivity index (χ0v) is 18.2. The van der Waals surface area contributed by atoms with E-state index in [0.29, 0.717) is 24.0 Å². The molecular weight excluding hydrogens is 387 g/mol. The summed E-state index contributed by atoms with van der Waals surface area (Å²) < 4.78 is 24.3. The third-order valence-corrected chi connectivity index (χ3v) is 4.74. The minimum Gasteiger partial charge on any atom is -0.362 e. The topological polar surface area (TPSA) is 118 Å². The summed E-state index contributed by atoms with van der Waals surface area (Å²) >= 11 is 0. The molecule has 0 aliphatic rings. The van der Waals surface area contributed by atoms with Crippen LogP contribution < -0.4 is 11.2 Å². The average molecular weight is 418 g/mol.